The second kappa shape index (κ2) is 9.00. The summed E-state index contributed by atoms with van der Waals surface area (Å²) in [5, 5.41) is 1.80. The third-order valence-corrected chi connectivity index (χ3v) is 5.18. The van der Waals surface area contributed by atoms with E-state index >= 15 is 0 Å². The third kappa shape index (κ3) is 4.51. The van der Waals surface area contributed by atoms with Crippen molar-refractivity contribution in [1.82, 2.24) is 4.37 Å². The number of hydrogen-bond acceptors (Lipinski definition) is 10. The van der Waals surface area contributed by atoms with Crippen LogP contribution in [-0.2, 0) is 10.4 Å². The van der Waals surface area contributed by atoms with E-state index < -0.39 is 10.4 Å². The maximum Gasteiger partial charge on any atom is 1.00 e. The van der Waals surface area contributed by atoms with Crippen molar-refractivity contribution in [3.05, 3.63) is 35.7 Å². The molecular weight excluding hydrogens is 445 g/mol. The summed E-state index contributed by atoms with van der Waals surface area (Å²) < 4.78 is 63.5. The number of rotatable bonds is 6. The van der Waals surface area contributed by atoms with Crippen LogP contribution in [0.4, 0.5) is 0 Å². The molecule has 152 valence electrons. The van der Waals surface area contributed by atoms with Gasteiger partial charge in [0.15, 0.2) is 23.0 Å². The Kier molecular flexibility index (Phi) is 6.80. The molecule has 0 fully saturated rings. The standard InChI is InChI=1S/C18H15NO8S2.Na/c1-23-13-4-3-10(5-14(13)27-29(20,21)22)12-8-28-19-17(12)11-6-15(24-2)18-16(7-11)25-9-26-18;/h3-8H,9H2,1-2H3,(H,20,21,22);/q;+1/p-1. The van der Waals surface area contributed by atoms with Crippen LogP contribution >= 0.6 is 11.5 Å². The van der Waals surface area contributed by atoms with Gasteiger partial charge in [-0.1, -0.05) is 6.07 Å². The van der Waals surface area contributed by atoms with E-state index in [1.807, 2.05) is 0 Å². The topological polar surface area (TPSA) is 116 Å². The summed E-state index contributed by atoms with van der Waals surface area (Å²) in [7, 11) is -2.09. The van der Waals surface area contributed by atoms with Crippen LogP contribution in [0, 0.1) is 0 Å². The van der Waals surface area contributed by atoms with Gasteiger partial charge in [0.25, 0.3) is 10.4 Å². The van der Waals surface area contributed by atoms with E-state index in [9.17, 15) is 13.0 Å². The first-order valence-corrected chi connectivity index (χ1v) is 10.3. The Morgan fingerprint density at radius 1 is 1.03 bits per heavy atom. The van der Waals surface area contributed by atoms with Gasteiger partial charge in [-0.15, -0.1) is 0 Å². The fourth-order valence-corrected chi connectivity index (χ4v) is 4.00. The van der Waals surface area contributed by atoms with Gasteiger partial charge in [0, 0.05) is 16.5 Å². The minimum absolute atomic E-state index is 0. The largest absolute Gasteiger partial charge is 1.00 e. The molecule has 4 rings (SSSR count). The molecule has 30 heavy (non-hydrogen) atoms. The SMILES string of the molecule is COc1ccc(-c2csnc2-c2cc(OC)c3c(c2)OCO3)cc1OS(=O)(=O)[O-].[Na+]. The van der Waals surface area contributed by atoms with Gasteiger partial charge in [0.1, 0.15) is 0 Å². The Bertz CT molecular complexity index is 1180. The van der Waals surface area contributed by atoms with Crippen molar-refractivity contribution in [3.63, 3.8) is 0 Å². The maximum atomic E-state index is 11.1. The monoisotopic (exact) mass is 459 g/mol. The number of methoxy groups -OCH3 is 2. The predicted octanol–water partition coefficient (Wildman–Crippen LogP) is 0.0660. The van der Waals surface area contributed by atoms with Crippen LogP contribution in [0.2, 0.25) is 0 Å². The van der Waals surface area contributed by atoms with Crippen molar-refractivity contribution in [3.8, 4) is 51.1 Å². The molecule has 0 aliphatic carbocycles. The van der Waals surface area contributed by atoms with Crippen LogP contribution in [0.3, 0.4) is 0 Å². The predicted molar refractivity (Wildman–Crippen MR) is 103 cm³/mol. The van der Waals surface area contributed by atoms with E-state index in [0.29, 0.717) is 34.1 Å². The van der Waals surface area contributed by atoms with Crippen LogP contribution in [0.5, 0.6) is 28.7 Å². The van der Waals surface area contributed by atoms with Crippen molar-refractivity contribution in [2.45, 2.75) is 0 Å². The summed E-state index contributed by atoms with van der Waals surface area (Å²) in [6, 6.07) is 8.19. The van der Waals surface area contributed by atoms with Gasteiger partial charge < -0.3 is 27.7 Å². The summed E-state index contributed by atoms with van der Waals surface area (Å²) >= 11 is 1.22. The van der Waals surface area contributed by atoms with Gasteiger partial charge in [0.2, 0.25) is 12.5 Å². The third-order valence-electron chi connectivity index (χ3n) is 4.17. The molecule has 2 heterocycles. The average Bonchev–Trinajstić information content (AvgIpc) is 3.35. The number of hydrogen-bond donors (Lipinski definition) is 0. The van der Waals surface area contributed by atoms with Crippen molar-refractivity contribution in [2.24, 2.45) is 0 Å². The average molecular weight is 459 g/mol. The van der Waals surface area contributed by atoms with E-state index in [4.69, 9.17) is 18.9 Å². The van der Waals surface area contributed by atoms with Crippen LogP contribution in [0.25, 0.3) is 22.4 Å². The molecule has 0 spiro atoms. The normalized spacial score (nSPS) is 12.2. The first-order chi connectivity index (χ1) is 13.9. The van der Waals surface area contributed by atoms with Gasteiger partial charge in [-0.05, 0) is 41.4 Å². The molecule has 0 saturated carbocycles. The number of nitrogens with zero attached hydrogens (tertiary/aromatic N) is 1. The maximum absolute atomic E-state index is 11.1. The molecule has 0 amide bonds. The minimum Gasteiger partial charge on any atom is -0.716 e. The molecule has 0 N–H and O–H groups in total. The zero-order valence-electron chi connectivity index (χ0n) is 16.2. The van der Waals surface area contributed by atoms with Crippen LogP contribution < -0.4 is 52.7 Å². The van der Waals surface area contributed by atoms with Gasteiger partial charge in [-0.3, -0.25) is 0 Å². The molecule has 0 bridgehead atoms. The smallest absolute Gasteiger partial charge is 0.716 e. The molecule has 0 unspecified atom stereocenters. The molecule has 0 saturated heterocycles. The summed E-state index contributed by atoms with van der Waals surface area (Å²) in [6.07, 6.45) is 0. The van der Waals surface area contributed by atoms with Gasteiger partial charge in [-0.25, -0.2) is 8.42 Å². The zero-order chi connectivity index (χ0) is 20.6. The Morgan fingerprint density at radius 3 is 2.47 bits per heavy atom. The van der Waals surface area contributed by atoms with Crippen molar-refractivity contribution >= 4 is 21.9 Å². The molecular formula is C18H14NNaO8S2. The van der Waals surface area contributed by atoms with E-state index in [0.717, 1.165) is 5.56 Å². The van der Waals surface area contributed by atoms with Crippen LogP contribution in [0.15, 0.2) is 35.7 Å². The number of aromatic nitrogens is 1. The fraction of sp³-hybridized carbons (Fsp3) is 0.167. The molecule has 1 aliphatic rings. The molecule has 0 atom stereocenters. The molecule has 2 aromatic carbocycles. The van der Waals surface area contributed by atoms with Crippen molar-refractivity contribution in [2.75, 3.05) is 21.0 Å². The Balaban J connectivity index is 0.00000256. The van der Waals surface area contributed by atoms with Crippen LogP contribution in [-0.4, -0.2) is 38.4 Å². The first-order valence-electron chi connectivity index (χ1n) is 8.15. The molecule has 12 heteroatoms. The van der Waals surface area contributed by atoms with Crippen molar-refractivity contribution in [1.29, 1.82) is 0 Å². The van der Waals surface area contributed by atoms with Crippen LogP contribution in [0.1, 0.15) is 0 Å². The van der Waals surface area contributed by atoms with E-state index in [1.165, 1.54) is 37.9 Å². The fourth-order valence-electron chi connectivity index (χ4n) is 2.94. The number of fused-ring (bicyclic) bond motifs is 1. The van der Waals surface area contributed by atoms with E-state index in [2.05, 4.69) is 8.56 Å². The molecule has 0 radical (unpaired) electrons. The quantitative estimate of drug-likeness (QED) is 0.287. The zero-order valence-corrected chi connectivity index (χ0v) is 19.8. The second-order valence-corrected chi connectivity index (χ2v) is 7.46. The van der Waals surface area contributed by atoms with Gasteiger partial charge >= 0.3 is 29.6 Å². The summed E-state index contributed by atoms with van der Waals surface area (Å²) in [6.45, 7) is 0.0991. The summed E-state index contributed by atoms with van der Waals surface area (Å²) in [5.41, 5.74) is 2.63. The molecule has 1 aromatic heterocycles. The number of ether oxygens (including phenoxy) is 4. The molecule has 3 aromatic rings. The Labute approximate surface area is 198 Å². The van der Waals surface area contributed by atoms with Crippen molar-refractivity contribution < 1.29 is 65.7 Å². The first kappa shape index (κ1) is 22.7. The minimum atomic E-state index is -4.96. The second-order valence-electron chi connectivity index (χ2n) is 5.85. The van der Waals surface area contributed by atoms with E-state index in [1.54, 1.807) is 23.6 Å². The molecule has 1 aliphatic heterocycles. The van der Waals surface area contributed by atoms with Gasteiger partial charge in [-0.2, -0.15) is 4.37 Å². The summed E-state index contributed by atoms with van der Waals surface area (Å²) in [5.74, 6) is 1.47. The number of benzene rings is 2. The Hall–Kier alpha value is -2.02. The Morgan fingerprint density at radius 2 is 1.77 bits per heavy atom. The van der Waals surface area contributed by atoms with Gasteiger partial charge in [0.05, 0.1) is 19.9 Å². The molecule has 9 nitrogen and oxygen atoms in total. The summed E-state index contributed by atoms with van der Waals surface area (Å²) in [4.78, 5) is 0. The van der Waals surface area contributed by atoms with E-state index in [-0.39, 0.29) is 47.8 Å².